The van der Waals surface area contributed by atoms with Gasteiger partial charge in [-0.3, -0.25) is 0 Å². The molecule has 0 aromatic carbocycles. The van der Waals surface area contributed by atoms with Crippen molar-refractivity contribution in [2.75, 3.05) is 0 Å². The third-order valence-electron chi connectivity index (χ3n) is 0. The third-order valence-corrected chi connectivity index (χ3v) is 0. The Morgan fingerprint density at radius 1 is 1.75 bits per heavy atom. The predicted molar refractivity (Wildman–Crippen MR) is 8.66 cm³/mol. The first-order valence-corrected chi connectivity index (χ1v) is 0.494. The molecule has 1 N–H and O–H groups in total. The molecule has 0 fully saturated rings. The van der Waals surface area contributed by atoms with E-state index in [-0.39, 0.29) is 24.4 Å². The average Bonchev–Trinajstić information content (AvgIpc) is 0.918. The minimum Gasteiger partial charge on any atom is 0 e. The van der Waals surface area contributed by atoms with Crippen LogP contribution in [0.1, 0.15) is 0 Å². The number of rotatable bonds is 0. The van der Waals surface area contributed by atoms with Gasteiger partial charge in [-0.2, -0.15) is 0 Å². The first kappa shape index (κ1) is 8.89. The Hall–Kier alpha value is 0.184. The van der Waals surface area contributed by atoms with Crippen LogP contribution in [0, 0.1) is 0 Å². The first-order chi connectivity index (χ1) is 1.41. The fourth-order valence-electron chi connectivity index (χ4n) is 0. The Morgan fingerprint density at radius 3 is 1.75 bits per heavy atom. The van der Waals surface area contributed by atoms with Crippen LogP contribution in [0.2, 0.25) is 0 Å². The second-order valence-corrected chi connectivity index (χ2v) is 0.105. The Balaban J connectivity index is 0. The second-order valence-electron chi connectivity index (χ2n) is 0.105. The predicted octanol–water partition coefficient (Wildman–Crippen LogP) is -1.06. The summed E-state index contributed by atoms with van der Waals surface area (Å²) in [5.74, 6) is 0. The maximum absolute atomic E-state index is 8.36. The van der Waals surface area contributed by atoms with Crippen LogP contribution < -0.4 is 0 Å². The van der Waals surface area contributed by atoms with Crippen LogP contribution in [0.3, 0.4) is 0 Å². The van der Waals surface area contributed by atoms with Crippen molar-refractivity contribution in [3.63, 3.8) is 0 Å². The molecule has 0 saturated carbocycles. The van der Waals surface area contributed by atoms with Crippen molar-refractivity contribution in [2.24, 2.45) is 0 Å². The van der Waals surface area contributed by atoms with Crippen LogP contribution in [0.5, 0.6) is 0 Å². The summed E-state index contributed by atoms with van der Waals surface area (Å²) in [6.07, 6.45) is 0. The molecule has 0 aliphatic rings. The van der Waals surface area contributed by atoms with Crippen molar-refractivity contribution in [2.45, 2.75) is 0 Å². The normalized spacial score (nSPS) is 2.00. The molecule has 0 unspecified atom stereocenters. The van der Waals surface area contributed by atoms with Crippen molar-refractivity contribution in [1.82, 2.24) is 0 Å². The maximum atomic E-state index is 8.36. The molecular weight excluding hydrogens is 106 g/mol. The van der Waals surface area contributed by atoms with E-state index in [0.717, 1.165) is 0 Å². The summed E-state index contributed by atoms with van der Waals surface area (Å²) >= 11 is 0. The molecule has 0 heterocycles. The largest absolute Gasteiger partial charge is 0 e. The molecule has 0 saturated heterocycles. The SMILES string of the molecule is O=BO.[Cu]. The van der Waals surface area contributed by atoms with Crippen molar-refractivity contribution in [1.29, 1.82) is 0 Å². The number of hydrogen-bond donors (Lipinski definition) is 1. The molecule has 2 nitrogen and oxygen atoms in total. The Labute approximate surface area is 35.0 Å². The van der Waals surface area contributed by atoms with Crippen LogP contribution in [0.25, 0.3) is 0 Å². The van der Waals surface area contributed by atoms with Crippen molar-refractivity contribution in [3.05, 3.63) is 0 Å². The molecule has 0 rings (SSSR count). The van der Waals surface area contributed by atoms with Crippen LogP contribution in [0.15, 0.2) is 0 Å². The van der Waals surface area contributed by atoms with Gasteiger partial charge in [-0.25, -0.2) is 0 Å². The van der Waals surface area contributed by atoms with Crippen LogP contribution >= 0.6 is 0 Å². The van der Waals surface area contributed by atoms with E-state index in [1.807, 2.05) is 0 Å². The minimum absolute atomic E-state index is 0. The molecule has 0 amide bonds. The molecule has 0 aliphatic heterocycles. The summed E-state index contributed by atoms with van der Waals surface area (Å²) < 4.78 is 8.36. The molecule has 0 atom stereocenters. The van der Waals surface area contributed by atoms with E-state index in [1.165, 1.54) is 0 Å². The average molecular weight is 107 g/mol. The van der Waals surface area contributed by atoms with Crippen molar-refractivity contribution >= 4 is 7.35 Å². The molecule has 4 heteroatoms. The zero-order valence-electron chi connectivity index (χ0n) is 1.73. The van der Waals surface area contributed by atoms with Gasteiger partial charge in [-0.1, -0.05) is 0 Å². The molecule has 4 heavy (non-hydrogen) atoms. The smallest absolute Gasteiger partial charge is 0 e. The zero-order valence-corrected chi connectivity index (χ0v) is 2.68. The molecule has 0 aromatic rings. The van der Waals surface area contributed by atoms with Gasteiger partial charge in [0.2, 0.25) is 0 Å². The molecule has 27 valence electrons. The molecule has 0 bridgehead atoms. The van der Waals surface area contributed by atoms with Gasteiger partial charge in [0.25, 0.3) is 0 Å². The Morgan fingerprint density at radius 2 is 1.75 bits per heavy atom. The molecule has 1 radical (unpaired) electrons. The third kappa shape index (κ3) is 90.1. The monoisotopic (exact) mass is 107 g/mol. The van der Waals surface area contributed by atoms with Crippen molar-refractivity contribution in [3.8, 4) is 0 Å². The van der Waals surface area contributed by atoms with E-state index >= 15 is 0 Å². The van der Waals surface area contributed by atoms with E-state index in [4.69, 9.17) is 9.73 Å². The summed E-state index contributed by atoms with van der Waals surface area (Å²) in [5, 5.41) is 6.89. The van der Waals surface area contributed by atoms with Gasteiger partial charge in [0.15, 0.2) is 0 Å². The standard InChI is InChI=1S/BHO2.Cu/c2-1-3;/h2H;. The van der Waals surface area contributed by atoms with E-state index in [9.17, 15) is 0 Å². The maximum Gasteiger partial charge on any atom is 0 e. The summed E-state index contributed by atoms with van der Waals surface area (Å²) in [6.45, 7) is 0. The Bertz CT molecular complexity index is 13.5. The van der Waals surface area contributed by atoms with Gasteiger partial charge >= 0.3 is 17.1 Å². The van der Waals surface area contributed by atoms with E-state index in [1.54, 1.807) is 0 Å². The van der Waals surface area contributed by atoms with Gasteiger partial charge in [-0.15, -0.1) is 0 Å². The summed E-state index contributed by atoms with van der Waals surface area (Å²) in [7, 11) is -0.250. The molecule has 0 aliphatic carbocycles. The summed E-state index contributed by atoms with van der Waals surface area (Å²) in [4.78, 5) is 0. The van der Waals surface area contributed by atoms with Crippen LogP contribution in [-0.2, 0) is 21.8 Å². The van der Waals surface area contributed by atoms with Gasteiger partial charge in [0.1, 0.15) is 0 Å². The molecular formula is HBCuO2. The fraction of sp³-hybridized carbons (Fsp3) is 0. The minimum atomic E-state index is -0.250. The van der Waals surface area contributed by atoms with E-state index in [0.29, 0.717) is 0 Å². The second kappa shape index (κ2) is 10.8. The summed E-state index contributed by atoms with van der Waals surface area (Å²) in [6, 6.07) is 0. The van der Waals surface area contributed by atoms with Gasteiger partial charge in [-0.05, 0) is 0 Å². The molecule has 0 spiro atoms. The first-order valence-electron chi connectivity index (χ1n) is 0.494. The number of hydrogen-bond acceptors (Lipinski definition) is 1. The fourth-order valence-corrected chi connectivity index (χ4v) is 0. The topological polar surface area (TPSA) is 37.3 Å². The molecule has 0 aromatic heterocycles. The van der Waals surface area contributed by atoms with E-state index < -0.39 is 0 Å². The van der Waals surface area contributed by atoms with Crippen LogP contribution in [-0.4, -0.2) is 12.4 Å². The van der Waals surface area contributed by atoms with Gasteiger partial charge < -0.3 is 0 Å². The quantitative estimate of drug-likeness (QED) is 0.401. The van der Waals surface area contributed by atoms with Gasteiger partial charge in [0, 0.05) is 17.1 Å². The summed E-state index contributed by atoms with van der Waals surface area (Å²) in [5.41, 5.74) is 0. The Kier molecular flexibility index (Phi) is 24.1. The van der Waals surface area contributed by atoms with Gasteiger partial charge in [0.05, 0.1) is 0 Å². The van der Waals surface area contributed by atoms with Crippen molar-refractivity contribution < 1.29 is 26.8 Å². The van der Waals surface area contributed by atoms with E-state index in [2.05, 4.69) is 0 Å². The van der Waals surface area contributed by atoms with Crippen LogP contribution in [0.4, 0.5) is 0 Å². The zero-order chi connectivity index (χ0) is 2.71.